The van der Waals surface area contributed by atoms with Crippen LogP contribution in [-0.4, -0.2) is 25.3 Å². The predicted molar refractivity (Wildman–Crippen MR) is 75.0 cm³/mol. The Morgan fingerprint density at radius 1 is 1.42 bits per heavy atom. The number of nitrogens with one attached hydrogen (secondary N) is 1. The molecular formula is C14H15ClN2O2. The van der Waals surface area contributed by atoms with Gasteiger partial charge >= 0.3 is 0 Å². The molecule has 19 heavy (non-hydrogen) atoms. The summed E-state index contributed by atoms with van der Waals surface area (Å²) in [5, 5.41) is 3.09. The highest BCUT2D eigenvalue weighted by atomic mass is 35.5. The van der Waals surface area contributed by atoms with Crippen molar-refractivity contribution in [3.63, 3.8) is 0 Å². The summed E-state index contributed by atoms with van der Waals surface area (Å²) in [7, 11) is 1.98. The second-order valence-corrected chi connectivity index (χ2v) is 5.89. The first-order chi connectivity index (χ1) is 8.97. The highest BCUT2D eigenvalue weighted by molar-refractivity contribution is 6.52. The van der Waals surface area contributed by atoms with Gasteiger partial charge in [0.15, 0.2) is 0 Å². The van der Waals surface area contributed by atoms with Gasteiger partial charge in [-0.25, -0.2) is 0 Å². The fourth-order valence-electron chi connectivity index (χ4n) is 2.55. The molecule has 1 aliphatic heterocycles. The van der Waals surface area contributed by atoms with Crippen molar-refractivity contribution in [3.8, 4) is 0 Å². The average molecular weight is 279 g/mol. The van der Waals surface area contributed by atoms with E-state index in [1.165, 1.54) is 6.42 Å². The van der Waals surface area contributed by atoms with Crippen molar-refractivity contribution in [2.24, 2.45) is 11.8 Å². The molecule has 1 fully saturated rings. The van der Waals surface area contributed by atoms with Crippen LogP contribution in [0.4, 0.5) is 11.4 Å². The lowest BCUT2D eigenvalue weighted by molar-refractivity contribution is -0.112. The highest BCUT2D eigenvalue weighted by Crippen LogP contribution is 2.40. The zero-order valence-electron chi connectivity index (χ0n) is 10.9. The van der Waals surface area contributed by atoms with Crippen LogP contribution in [0.1, 0.15) is 23.7 Å². The number of carbonyl (C=O) groups excluding carboxylic acids is 2. The fourth-order valence-corrected chi connectivity index (χ4v) is 2.86. The van der Waals surface area contributed by atoms with E-state index in [2.05, 4.69) is 17.1 Å². The third kappa shape index (κ3) is 2.10. The maximum Gasteiger partial charge on any atom is 0.296 e. The van der Waals surface area contributed by atoms with Crippen molar-refractivity contribution in [1.29, 1.82) is 0 Å². The first-order valence-electron chi connectivity index (χ1n) is 6.37. The number of amides is 1. The monoisotopic (exact) mass is 278 g/mol. The van der Waals surface area contributed by atoms with Crippen LogP contribution in [0.15, 0.2) is 12.1 Å². The Hall–Kier alpha value is -1.55. The summed E-state index contributed by atoms with van der Waals surface area (Å²) < 4.78 is 0. The molecule has 4 nitrogen and oxygen atoms in total. The van der Waals surface area contributed by atoms with Crippen molar-refractivity contribution in [2.75, 3.05) is 23.8 Å². The SMILES string of the molecule is CC1CC1CN(C)c1cc2c(cc1Cl)C(=O)C(=O)N2. The van der Waals surface area contributed by atoms with E-state index in [4.69, 9.17) is 11.6 Å². The van der Waals surface area contributed by atoms with Crippen LogP contribution in [0.5, 0.6) is 0 Å². The molecule has 0 saturated heterocycles. The summed E-state index contributed by atoms with van der Waals surface area (Å²) in [5.41, 5.74) is 1.78. The van der Waals surface area contributed by atoms with Gasteiger partial charge in [0.1, 0.15) is 0 Å². The molecule has 0 radical (unpaired) electrons. The Balaban J connectivity index is 1.89. The minimum atomic E-state index is -0.582. The molecule has 1 aromatic rings. The summed E-state index contributed by atoms with van der Waals surface area (Å²) in [6, 6.07) is 3.37. The Kier molecular flexibility index (Phi) is 2.78. The van der Waals surface area contributed by atoms with Crippen LogP contribution >= 0.6 is 11.6 Å². The molecule has 1 saturated carbocycles. The second-order valence-electron chi connectivity index (χ2n) is 5.49. The third-order valence-electron chi connectivity index (χ3n) is 3.98. The molecule has 1 aliphatic carbocycles. The third-order valence-corrected chi connectivity index (χ3v) is 4.28. The second kappa shape index (κ2) is 4.23. The minimum absolute atomic E-state index is 0.368. The summed E-state index contributed by atoms with van der Waals surface area (Å²) in [5.74, 6) is 0.395. The molecule has 2 aliphatic rings. The maximum atomic E-state index is 11.6. The number of benzene rings is 1. The largest absolute Gasteiger partial charge is 0.373 e. The van der Waals surface area contributed by atoms with E-state index in [1.54, 1.807) is 12.1 Å². The quantitative estimate of drug-likeness (QED) is 0.865. The molecular weight excluding hydrogens is 264 g/mol. The average Bonchev–Trinajstić information content (AvgIpc) is 2.97. The highest BCUT2D eigenvalue weighted by Gasteiger charge is 2.34. The van der Waals surface area contributed by atoms with Gasteiger partial charge in [-0.2, -0.15) is 0 Å². The van der Waals surface area contributed by atoms with Crippen LogP contribution < -0.4 is 10.2 Å². The summed E-state index contributed by atoms with van der Waals surface area (Å²) in [6.07, 6.45) is 1.25. The number of Topliss-reactive ketones (excluding diaryl/α,β-unsaturated/α-hetero) is 1. The molecule has 0 aromatic heterocycles. The van der Waals surface area contributed by atoms with Crippen molar-refractivity contribution >= 4 is 34.7 Å². The van der Waals surface area contributed by atoms with Gasteiger partial charge in [-0.1, -0.05) is 18.5 Å². The zero-order chi connectivity index (χ0) is 13.7. The van der Waals surface area contributed by atoms with Gasteiger partial charge in [0, 0.05) is 13.6 Å². The van der Waals surface area contributed by atoms with E-state index in [-0.39, 0.29) is 0 Å². The van der Waals surface area contributed by atoms with Crippen LogP contribution in [0.3, 0.4) is 0 Å². The smallest absolute Gasteiger partial charge is 0.296 e. The van der Waals surface area contributed by atoms with Crippen molar-refractivity contribution in [3.05, 3.63) is 22.7 Å². The number of nitrogens with zero attached hydrogens (tertiary/aromatic N) is 1. The lowest BCUT2D eigenvalue weighted by Gasteiger charge is -2.21. The van der Waals surface area contributed by atoms with Crippen LogP contribution in [0.2, 0.25) is 5.02 Å². The lowest BCUT2D eigenvalue weighted by atomic mass is 10.1. The number of fused-ring (bicyclic) bond motifs is 1. The number of rotatable bonds is 3. The van der Waals surface area contributed by atoms with Gasteiger partial charge in [0.05, 0.1) is 22.0 Å². The molecule has 2 unspecified atom stereocenters. The zero-order valence-corrected chi connectivity index (χ0v) is 11.6. The first-order valence-corrected chi connectivity index (χ1v) is 6.75. The Labute approximate surface area is 116 Å². The van der Waals surface area contributed by atoms with Gasteiger partial charge < -0.3 is 10.2 Å². The molecule has 2 atom stereocenters. The Morgan fingerprint density at radius 3 is 2.74 bits per heavy atom. The first kappa shape index (κ1) is 12.5. The van der Waals surface area contributed by atoms with Gasteiger partial charge in [-0.05, 0) is 30.4 Å². The molecule has 1 heterocycles. The van der Waals surface area contributed by atoms with E-state index in [0.717, 1.165) is 18.2 Å². The predicted octanol–water partition coefficient (Wildman–Crippen LogP) is 2.57. The molecule has 0 spiro atoms. The molecule has 1 amide bonds. The fraction of sp³-hybridized carbons (Fsp3) is 0.429. The molecule has 3 rings (SSSR count). The van der Waals surface area contributed by atoms with Gasteiger partial charge in [0.2, 0.25) is 0 Å². The normalized spacial score (nSPS) is 24.2. The van der Waals surface area contributed by atoms with Crippen LogP contribution in [0, 0.1) is 11.8 Å². The van der Waals surface area contributed by atoms with Gasteiger partial charge in [0.25, 0.3) is 11.7 Å². The summed E-state index contributed by atoms with van der Waals surface area (Å²) in [4.78, 5) is 25.0. The number of hydrogen-bond donors (Lipinski definition) is 1. The molecule has 0 bridgehead atoms. The number of halogens is 1. The van der Waals surface area contributed by atoms with Gasteiger partial charge in [-0.15, -0.1) is 0 Å². The number of anilines is 2. The van der Waals surface area contributed by atoms with Crippen LogP contribution in [0.25, 0.3) is 0 Å². The Morgan fingerprint density at radius 2 is 2.11 bits per heavy atom. The maximum absolute atomic E-state index is 11.6. The van der Waals surface area contributed by atoms with E-state index >= 15 is 0 Å². The molecule has 100 valence electrons. The van der Waals surface area contributed by atoms with E-state index in [9.17, 15) is 9.59 Å². The summed E-state index contributed by atoms with van der Waals surface area (Å²) in [6.45, 7) is 3.18. The Bertz CT molecular complexity index is 585. The standard InChI is InChI=1S/C14H15ClN2O2/c1-7-3-8(7)6-17(2)12-5-11-9(4-10(12)15)13(18)14(19)16-11/h4-5,7-8H,3,6H2,1-2H3,(H,16,18,19). The molecule has 5 heteroatoms. The van der Waals surface area contributed by atoms with E-state index < -0.39 is 11.7 Å². The van der Waals surface area contributed by atoms with Crippen molar-refractivity contribution < 1.29 is 9.59 Å². The summed E-state index contributed by atoms with van der Waals surface area (Å²) >= 11 is 6.22. The van der Waals surface area contributed by atoms with Crippen molar-refractivity contribution in [1.82, 2.24) is 0 Å². The van der Waals surface area contributed by atoms with E-state index in [1.807, 2.05) is 7.05 Å². The van der Waals surface area contributed by atoms with E-state index in [0.29, 0.717) is 22.2 Å². The number of ketones is 1. The molecule has 1 N–H and O–H groups in total. The topological polar surface area (TPSA) is 49.4 Å². The molecule has 1 aromatic carbocycles. The number of hydrogen-bond acceptors (Lipinski definition) is 3. The lowest BCUT2D eigenvalue weighted by Crippen LogP contribution is -2.21. The van der Waals surface area contributed by atoms with Gasteiger partial charge in [-0.3, -0.25) is 9.59 Å². The van der Waals surface area contributed by atoms with Crippen molar-refractivity contribution in [2.45, 2.75) is 13.3 Å². The van der Waals surface area contributed by atoms with Crippen LogP contribution in [-0.2, 0) is 4.79 Å². The number of carbonyl (C=O) groups is 2. The minimum Gasteiger partial charge on any atom is -0.373 e.